The Morgan fingerprint density at radius 1 is 1.25 bits per heavy atom. The molecule has 1 heterocycles. The van der Waals surface area contributed by atoms with E-state index in [1.807, 2.05) is 4.90 Å². The fourth-order valence-electron chi connectivity index (χ4n) is 2.45. The highest BCUT2D eigenvalue weighted by molar-refractivity contribution is 6.30. The second kappa shape index (κ2) is 8.08. The molecule has 20 heavy (non-hydrogen) atoms. The predicted molar refractivity (Wildman–Crippen MR) is 76.4 cm³/mol. The molecular weight excluding hydrogens is 312 g/mol. The lowest BCUT2D eigenvalue weighted by Crippen LogP contribution is -2.45. The zero-order chi connectivity index (χ0) is 13.8. The van der Waals surface area contributed by atoms with E-state index in [9.17, 15) is 13.2 Å². The van der Waals surface area contributed by atoms with Crippen LogP contribution in [0.25, 0.3) is 0 Å². The highest BCUT2D eigenvalue weighted by Gasteiger charge is 2.28. The van der Waals surface area contributed by atoms with Gasteiger partial charge in [-0.1, -0.05) is 11.6 Å². The Labute approximate surface area is 127 Å². The van der Waals surface area contributed by atoms with Gasteiger partial charge >= 0.3 is 0 Å². The number of nitrogens with zero attached hydrogens (tertiary/aromatic N) is 1. The van der Waals surface area contributed by atoms with Crippen LogP contribution in [-0.2, 0) is 0 Å². The standard InChI is InChI=1S/C13H16ClF3N2.ClH/c14-9-1-2-10(16)12(13(9)17)11(3-4-15)19-7-5-18-6-8-19;/h1-2,11,18H,3-8H2;1H/t11-;/m0./s1. The minimum atomic E-state index is -0.779. The Balaban J connectivity index is 0.00000200. The quantitative estimate of drug-likeness (QED) is 0.853. The average molecular weight is 329 g/mol. The second-order valence-electron chi connectivity index (χ2n) is 4.54. The molecular formula is C13H17Cl2F3N2. The monoisotopic (exact) mass is 328 g/mol. The molecule has 0 aliphatic carbocycles. The van der Waals surface area contributed by atoms with E-state index in [-0.39, 0.29) is 29.4 Å². The molecule has 2 nitrogen and oxygen atoms in total. The van der Waals surface area contributed by atoms with Gasteiger partial charge in [0.05, 0.1) is 11.7 Å². The fourth-order valence-corrected chi connectivity index (χ4v) is 2.62. The molecule has 1 aromatic carbocycles. The van der Waals surface area contributed by atoms with Gasteiger partial charge in [0.2, 0.25) is 0 Å². The van der Waals surface area contributed by atoms with E-state index >= 15 is 0 Å². The Morgan fingerprint density at radius 3 is 2.50 bits per heavy atom. The van der Waals surface area contributed by atoms with E-state index in [2.05, 4.69) is 5.32 Å². The zero-order valence-electron chi connectivity index (χ0n) is 10.8. The molecule has 0 bridgehead atoms. The van der Waals surface area contributed by atoms with Crippen LogP contribution >= 0.6 is 24.0 Å². The molecule has 0 aromatic heterocycles. The minimum absolute atomic E-state index is 0. The summed E-state index contributed by atoms with van der Waals surface area (Å²) in [4.78, 5) is 1.90. The van der Waals surface area contributed by atoms with Crippen molar-refractivity contribution in [1.82, 2.24) is 10.2 Å². The highest BCUT2D eigenvalue weighted by atomic mass is 35.5. The number of nitrogens with one attached hydrogen (secondary N) is 1. The van der Waals surface area contributed by atoms with Crippen LogP contribution < -0.4 is 5.32 Å². The van der Waals surface area contributed by atoms with Crippen molar-refractivity contribution in [3.8, 4) is 0 Å². The molecule has 1 atom stereocenters. The molecule has 114 valence electrons. The van der Waals surface area contributed by atoms with Gasteiger partial charge in [0, 0.05) is 37.8 Å². The first-order valence-corrected chi connectivity index (χ1v) is 6.67. The van der Waals surface area contributed by atoms with E-state index in [0.29, 0.717) is 13.1 Å². The zero-order valence-corrected chi connectivity index (χ0v) is 12.4. The van der Waals surface area contributed by atoms with Crippen molar-refractivity contribution >= 4 is 24.0 Å². The summed E-state index contributed by atoms with van der Waals surface area (Å²) in [5, 5.41) is 3.03. The maximum Gasteiger partial charge on any atom is 0.149 e. The van der Waals surface area contributed by atoms with Gasteiger partial charge in [0.25, 0.3) is 0 Å². The van der Waals surface area contributed by atoms with Gasteiger partial charge in [-0.25, -0.2) is 8.78 Å². The van der Waals surface area contributed by atoms with Crippen LogP contribution in [0.4, 0.5) is 13.2 Å². The van der Waals surface area contributed by atoms with Crippen LogP contribution in [0.3, 0.4) is 0 Å². The average Bonchev–Trinajstić information content (AvgIpc) is 2.43. The number of alkyl halides is 1. The first kappa shape index (κ1) is 17.6. The van der Waals surface area contributed by atoms with Gasteiger partial charge in [0.15, 0.2) is 0 Å². The fraction of sp³-hybridized carbons (Fsp3) is 0.538. The Morgan fingerprint density at radius 2 is 1.90 bits per heavy atom. The molecule has 1 fully saturated rings. The Bertz CT molecular complexity index is 440. The summed E-state index contributed by atoms with van der Waals surface area (Å²) in [6.45, 7) is 2.10. The van der Waals surface area contributed by atoms with Crippen molar-refractivity contribution in [2.24, 2.45) is 0 Å². The largest absolute Gasteiger partial charge is 0.314 e. The first-order chi connectivity index (χ1) is 9.15. The number of hydrogen-bond acceptors (Lipinski definition) is 2. The number of hydrogen-bond donors (Lipinski definition) is 1. The summed E-state index contributed by atoms with van der Waals surface area (Å²) in [5.74, 6) is -1.45. The topological polar surface area (TPSA) is 15.3 Å². The molecule has 2 rings (SSSR count). The van der Waals surface area contributed by atoms with Gasteiger partial charge in [-0.3, -0.25) is 9.29 Å². The number of benzene rings is 1. The molecule has 1 saturated heterocycles. The van der Waals surface area contributed by atoms with Crippen LogP contribution in [-0.4, -0.2) is 37.8 Å². The van der Waals surface area contributed by atoms with E-state index < -0.39 is 24.4 Å². The van der Waals surface area contributed by atoms with Gasteiger partial charge in [-0.15, -0.1) is 12.4 Å². The van der Waals surface area contributed by atoms with Gasteiger partial charge < -0.3 is 5.32 Å². The van der Waals surface area contributed by atoms with Crippen molar-refractivity contribution in [1.29, 1.82) is 0 Å². The summed E-state index contributed by atoms with van der Waals surface area (Å²) in [6.07, 6.45) is 0.0637. The first-order valence-electron chi connectivity index (χ1n) is 6.29. The van der Waals surface area contributed by atoms with Crippen molar-refractivity contribution in [2.75, 3.05) is 32.9 Å². The van der Waals surface area contributed by atoms with Gasteiger partial charge in [-0.2, -0.15) is 0 Å². The van der Waals surface area contributed by atoms with Gasteiger partial charge in [-0.05, 0) is 18.6 Å². The maximum atomic E-state index is 14.1. The van der Waals surface area contributed by atoms with Crippen molar-refractivity contribution in [3.63, 3.8) is 0 Å². The van der Waals surface area contributed by atoms with Crippen molar-refractivity contribution in [2.45, 2.75) is 12.5 Å². The minimum Gasteiger partial charge on any atom is -0.314 e. The van der Waals surface area contributed by atoms with Crippen LogP contribution in [0.2, 0.25) is 5.02 Å². The molecule has 1 N–H and O–H groups in total. The van der Waals surface area contributed by atoms with Crippen LogP contribution in [0.1, 0.15) is 18.0 Å². The molecule has 0 saturated carbocycles. The number of halogens is 5. The van der Waals surface area contributed by atoms with Crippen molar-refractivity contribution in [3.05, 3.63) is 34.4 Å². The second-order valence-corrected chi connectivity index (χ2v) is 4.94. The third-order valence-electron chi connectivity index (χ3n) is 3.39. The van der Waals surface area contributed by atoms with Crippen LogP contribution in [0, 0.1) is 11.6 Å². The Kier molecular flexibility index (Phi) is 7.09. The van der Waals surface area contributed by atoms with Crippen LogP contribution in [0.15, 0.2) is 12.1 Å². The third-order valence-corrected chi connectivity index (χ3v) is 3.68. The predicted octanol–water partition coefficient (Wildman–Crippen LogP) is 3.35. The SMILES string of the molecule is Cl.FCC[C@@H](c1c(F)ccc(Cl)c1F)N1CCNCC1. The lowest BCUT2D eigenvalue weighted by Gasteiger charge is -2.35. The lowest BCUT2D eigenvalue weighted by atomic mass is 10.0. The molecule has 0 amide bonds. The molecule has 0 unspecified atom stereocenters. The van der Waals surface area contributed by atoms with E-state index in [0.717, 1.165) is 19.2 Å². The normalized spacial score (nSPS) is 17.6. The molecule has 1 aromatic rings. The summed E-state index contributed by atoms with van der Waals surface area (Å²) in [6, 6.07) is 1.71. The molecule has 7 heteroatoms. The summed E-state index contributed by atoms with van der Waals surface area (Å²) in [7, 11) is 0. The van der Waals surface area contributed by atoms with E-state index in [4.69, 9.17) is 11.6 Å². The van der Waals surface area contributed by atoms with Crippen LogP contribution in [0.5, 0.6) is 0 Å². The molecule has 0 spiro atoms. The highest BCUT2D eigenvalue weighted by Crippen LogP contribution is 2.32. The maximum absolute atomic E-state index is 14.1. The number of piperazine rings is 1. The molecule has 1 aliphatic rings. The van der Waals surface area contributed by atoms with Gasteiger partial charge in [0.1, 0.15) is 11.6 Å². The Hall–Kier alpha value is -0.490. The smallest absolute Gasteiger partial charge is 0.149 e. The summed E-state index contributed by atoms with van der Waals surface area (Å²) < 4.78 is 40.7. The number of rotatable bonds is 4. The molecule has 1 aliphatic heterocycles. The van der Waals surface area contributed by atoms with Crippen molar-refractivity contribution < 1.29 is 13.2 Å². The summed E-state index contributed by atoms with van der Waals surface area (Å²) >= 11 is 5.70. The lowest BCUT2D eigenvalue weighted by molar-refractivity contribution is 0.151. The van der Waals surface area contributed by atoms with E-state index in [1.165, 1.54) is 6.07 Å². The molecule has 0 radical (unpaired) electrons. The van der Waals surface area contributed by atoms with E-state index in [1.54, 1.807) is 0 Å². The third kappa shape index (κ3) is 3.79. The summed E-state index contributed by atoms with van der Waals surface area (Å²) in [5.41, 5.74) is -0.118.